The third kappa shape index (κ3) is 6.47. The Morgan fingerprint density at radius 2 is 2.03 bits per heavy atom. The first kappa shape index (κ1) is 24.0. The average molecular weight is 472 g/mol. The van der Waals surface area contributed by atoms with E-state index < -0.39 is 5.60 Å². The summed E-state index contributed by atoms with van der Waals surface area (Å²) in [5.74, 6) is 0.975. The number of rotatable bonds is 7. The molecule has 0 aliphatic heterocycles. The second kappa shape index (κ2) is 10.4. The monoisotopic (exact) mass is 471 g/mol. The lowest BCUT2D eigenvalue weighted by Gasteiger charge is -2.33. The smallest absolute Gasteiger partial charge is 0.407 e. The summed E-state index contributed by atoms with van der Waals surface area (Å²) in [4.78, 5) is 28.8. The Hall–Kier alpha value is -3.14. The molecule has 2 fully saturated rings. The van der Waals surface area contributed by atoms with Gasteiger partial charge in [0.05, 0.1) is 19.1 Å². The highest BCUT2D eigenvalue weighted by Gasteiger charge is 2.32. The number of carbonyl (C=O) groups is 2. The number of nitrogens with zero attached hydrogens (tertiary/aromatic N) is 2. The van der Waals surface area contributed by atoms with Gasteiger partial charge >= 0.3 is 6.09 Å². The summed E-state index contributed by atoms with van der Waals surface area (Å²) in [6, 6.07) is 5.41. The molecule has 2 aliphatic rings. The Balaban J connectivity index is 1.21. The van der Waals surface area contributed by atoms with Crippen molar-refractivity contribution >= 4 is 17.8 Å². The molecule has 2 aromatic rings. The minimum absolute atomic E-state index is 0.0531. The average Bonchev–Trinajstić information content (AvgIpc) is 3.45. The number of carbonyl (C=O) groups excluding carboxylic acids is 2. The van der Waals surface area contributed by atoms with Gasteiger partial charge in [-0.2, -0.15) is 5.10 Å². The quantitative estimate of drug-likeness (QED) is 0.487. The van der Waals surface area contributed by atoms with Crippen LogP contribution in [0.4, 0.5) is 10.6 Å². The van der Waals surface area contributed by atoms with Gasteiger partial charge in [-0.3, -0.25) is 9.89 Å². The minimum atomic E-state index is -0.629. The molecule has 0 saturated heterocycles. The van der Waals surface area contributed by atoms with Crippen LogP contribution in [0.2, 0.25) is 0 Å². The highest BCUT2D eigenvalue weighted by Crippen LogP contribution is 2.36. The van der Waals surface area contributed by atoms with E-state index in [1.165, 1.54) is 0 Å². The van der Waals surface area contributed by atoms with Crippen molar-refractivity contribution in [3.05, 3.63) is 35.7 Å². The lowest BCUT2D eigenvalue weighted by Crippen LogP contribution is -2.43. The van der Waals surface area contributed by atoms with Gasteiger partial charge in [-0.25, -0.2) is 9.78 Å². The molecule has 0 spiro atoms. The van der Waals surface area contributed by atoms with Crippen LogP contribution in [0, 0.1) is 0 Å². The van der Waals surface area contributed by atoms with Crippen molar-refractivity contribution in [3.63, 3.8) is 0 Å². The van der Waals surface area contributed by atoms with Gasteiger partial charge < -0.3 is 25.2 Å². The van der Waals surface area contributed by atoms with Crippen LogP contribution in [-0.2, 0) is 16.0 Å². The zero-order chi connectivity index (χ0) is 24.1. The van der Waals surface area contributed by atoms with Crippen LogP contribution >= 0.6 is 0 Å². The number of anilines is 1. The molecular formula is C24H33N5O5. The third-order valence-corrected chi connectivity index (χ3v) is 6.72. The number of H-pyrrole nitrogens is 1. The van der Waals surface area contributed by atoms with Crippen LogP contribution in [0.1, 0.15) is 69.0 Å². The van der Waals surface area contributed by atoms with E-state index in [1.54, 1.807) is 25.4 Å². The maximum atomic E-state index is 12.3. The van der Waals surface area contributed by atoms with E-state index in [9.17, 15) is 14.7 Å². The van der Waals surface area contributed by atoms with Gasteiger partial charge in [-0.15, -0.1) is 0 Å². The fourth-order valence-electron chi connectivity index (χ4n) is 4.68. The van der Waals surface area contributed by atoms with Gasteiger partial charge in [0, 0.05) is 36.0 Å². The van der Waals surface area contributed by atoms with Crippen LogP contribution in [-0.4, -0.2) is 57.1 Å². The Morgan fingerprint density at radius 3 is 2.74 bits per heavy atom. The van der Waals surface area contributed by atoms with Crippen LogP contribution in [0.15, 0.2) is 24.4 Å². The van der Waals surface area contributed by atoms with E-state index in [2.05, 4.69) is 25.8 Å². The molecule has 2 aromatic heterocycles. The molecule has 2 aliphatic carbocycles. The Bertz CT molecular complexity index is 980. The Morgan fingerprint density at radius 1 is 1.24 bits per heavy atom. The molecule has 10 nitrogen and oxygen atoms in total. The number of alkyl carbamates (subject to hydrolysis) is 1. The minimum Gasteiger partial charge on any atom is -0.481 e. The fourth-order valence-corrected chi connectivity index (χ4v) is 4.68. The zero-order valence-electron chi connectivity index (χ0n) is 19.7. The van der Waals surface area contributed by atoms with Crippen LogP contribution in [0.3, 0.4) is 0 Å². The maximum absolute atomic E-state index is 12.3. The van der Waals surface area contributed by atoms with E-state index in [1.807, 2.05) is 13.0 Å². The van der Waals surface area contributed by atoms with Gasteiger partial charge in [-0.1, -0.05) is 6.07 Å². The summed E-state index contributed by atoms with van der Waals surface area (Å²) < 4.78 is 10.7. The number of hydrogen-bond donors (Lipinski definition) is 4. The number of methoxy groups -OCH3 is 1. The van der Waals surface area contributed by atoms with Gasteiger partial charge in [0.1, 0.15) is 6.10 Å². The molecule has 0 bridgehead atoms. The van der Waals surface area contributed by atoms with Crippen molar-refractivity contribution in [2.75, 3.05) is 12.4 Å². The highest BCUT2D eigenvalue weighted by molar-refractivity contribution is 5.91. The second-order valence-corrected chi connectivity index (χ2v) is 9.60. The van der Waals surface area contributed by atoms with Crippen molar-refractivity contribution in [1.29, 1.82) is 0 Å². The number of hydrogen-bond acceptors (Lipinski definition) is 7. The summed E-state index contributed by atoms with van der Waals surface area (Å²) in [7, 11) is 1.54. The molecule has 2 atom stereocenters. The summed E-state index contributed by atoms with van der Waals surface area (Å²) in [6.07, 6.45) is 6.49. The van der Waals surface area contributed by atoms with E-state index in [-0.39, 0.29) is 36.5 Å². The van der Waals surface area contributed by atoms with Crippen LogP contribution in [0.25, 0.3) is 0 Å². The highest BCUT2D eigenvalue weighted by atomic mass is 16.6. The predicted octanol–water partition coefficient (Wildman–Crippen LogP) is 3.05. The zero-order valence-corrected chi connectivity index (χ0v) is 19.7. The summed E-state index contributed by atoms with van der Waals surface area (Å²) in [5, 5.41) is 23.0. The van der Waals surface area contributed by atoms with Crippen molar-refractivity contribution in [1.82, 2.24) is 20.5 Å². The molecule has 34 heavy (non-hydrogen) atoms. The molecule has 0 radical (unpaired) electrons. The topological polar surface area (TPSA) is 138 Å². The lowest BCUT2D eigenvalue weighted by molar-refractivity contribution is -0.115. The lowest BCUT2D eigenvalue weighted by atomic mass is 9.84. The normalized spacial score (nSPS) is 26.6. The number of aromatic nitrogens is 3. The number of pyridine rings is 1. The number of aromatic amines is 1. The molecule has 184 valence electrons. The number of ether oxygens (including phenoxy) is 2. The summed E-state index contributed by atoms with van der Waals surface area (Å²) in [5.41, 5.74) is 1.07. The van der Waals surface area contributed by atoms with Crippen LogP contribution in [0.5, 0.6) is 5.88 Å². The first-order chi connectivity index (χ1) is 16.3. The third-order valence-electron chi connectivity index (χ3n) is 6.72. The second-order valence-electron chi connectivity index (χ2n) is 9.60. The maximum Gasteiger partial charge on any atom is 0.407 e. The number of aliphatic hydroxyl groups is 1. The van der Waals surface area contributed by atoms with Gasteiger partial charge in [0.2, 0.25) is 11.8 Å². The van der Waals surface area contributed by atoms with E-state index in [0.29, 0.717) is 31.0 Å². The molecule has 2 amide bonds. The van der Waals surface area contributed by atoms with E-state index >= 15 is 0 Å². The first-order valence-corrected chi connectivity index (χ1v) is 11.8. The summed E-state index contributed by atoms with van der Waals surface area (Å²) in [6.45, 7) is 1.84. The predicted molar refractivity (Wildman–Crippen MR) is 125 cm³/mol. The molecule has 2 heterocycles. The summed E-state index contributed by atoms with van der Waals surface area (Å²) >= 11 is 0. The van der Waals surface area contributed by atoms with Crippen molar-refractivity contribution in [2.45, 2.75) is 82.0 Å². The van der Waals surface area contributed by atoms with Gasteiger partial charge in [0.15, 0.2) is 5.82 Å². The fraction of sp³-hybridized carbons (Fsp3) is 0.583. The first-order valence-electron chi connectivity index (χ1n) is 11.8. The molecule has 0 aromatic carbocycles. The van der Waals surface area contributed by atoms with Gasteiger partial charge in [0.25, 0.3) is 0 Å². The molecule has 2 saturated carbocycles. The number of amides is 2. The standard InChI is InChI=1S/C24H33N5O5/c1-24(32)9-7-17(8-10-24)26-23(31)34-18-5-4-16(12-18)19-13-20(29-28-19)27-21(30)11-15-3-6-22(33-2)25-14-15/h3,6,13-14,16-18,32H,4-5,7-12H2,1-2H3,(H,26,31)(H2,27,28,29,30)/t16-,17-,18?,24-/m1/s1. The van der Waals surface area contributed by atoms with E-state index in [0.717, 1.165) is 36.9 Å². The molecular weight excluding hydrogens is 438 g/mol. The number of nitrogens with one attached hydrogen (secondary N) is 3. The van der Waals surface area contributed by atoms with E-state index in [4.69, 9.17) is 9.47 Å². The molecule has 1 unspecified atom stereocenters. The van der Waals surface area contributed by atoms with Crippen molar-refractivity contribution in [2.24, 2.45) is 0 Å². The largest absolute Gasteiger partial charge is 0.481 e. The molecule has 4 N–H and O–H groups in total. The molecule has 10 heteroatoms. The Labute approximate surface area is 198 Å². The Kier molecular flexibility index (Phi) is 7.35. The van der Waals surface area contributed by atoms with Gasteiger partial charge in [-0.05, 0) is 57.4 Å². The van der Waals surface area contributed by atoms with Crippen molar-refractivity contribution in [3.8, 4) is 5.88 Å². The molecule has 4 rings (SSSR count). The van der Waals surface area contributed by atoms with Crippen molar-refractivity contribution < 1.29 is 24.2 Å². The SMILES string of the molecule is COc1ccc(CC(=O)Nc2cc([C@@H]3CCC(OC(=O)N[C@H]4CC[C@](C)(O)CC4)C3)[nH]n2)cn1. The van der Waals surface area contributed by atoms with Crippen LogP contribution < -0.4 is 15.4 Å².